The van der Waals surface area contributed by atoms with Gasteiger partial charge in [-0.05, 0) is 105 Å². The van der Waals surface area contributed by atoms with E-state index < -0.39 is 0 Å². The van der Waals surface area contributed by atoms with Crippen LogP contribution in [0.4, 0.5) is 0 Å². The molecule has 8 rings (SSSR count). The molecule has 0 fully saturated rings. The average molecular weight is 995 g/mol. The Labute approximate surface area is 383 Å². The van der Waals surface area contributed by atoms with Crippen LogP contribution in [0.25, 0.3) is 72.7 Å². The zero-order valence-electron chi connectivity index (χ0n) is 38.0. The van der Waals surface area contributed by atoms with Crippen molar-refractivity contribution in [2.24, 2.45) is 0 Å². The summed E-state index contributed by atoms with van der Waals surface area (Å²) in [7, 11) is 3.92. The zero-order valence-corrected chi connectivity index (χ0v) is 40.2. The summed E-state index contributed by atoms with van der Waals surface area (Å²) in [6.45, 7) is 24.5. The van der Waals surface area contributed by atoms with Crippen molar-refractivity contribution in [1.29, 1.82) is 0 Å². The Morgan fingerprint density at radius 2 is 1.21 bits per heavy atom. The smallest absolute Gasteiger partial charge is 0.665 e. The topological polar surface area (TPSA) is 39.9 Å². The quantitative estimate of drug-likeness (QED) is 0.149. The SMILES string of the molecule is [CH2-]Oc1c(C)cc(C)cc1-c1nc2c(-c3[c-]c(-c4cc(-c5ccc(C(C)(C)C)cc5)ccn4)cc(C(C)(C)C)c3)cccc2n1-c1cc(-c2ccccc2)cc(C(C)(C)C)c1.[Pt+2]. The third-order valence-corrected chi connectivity index (χ3v) is 11.8. The van der Waals surface area contributed by atoms with Gasteiger partial charge in [0.2, 0.25) is 0 Å². The summed E-state index contributed by atoms with van der Waals surface area (Å²) in [6, 6.07) is 49.9. The Bertz CT molecular complexity index is 2900. The predicted octanol–water partition coefficient (Wildman–Crippen LogP) is 15.2. The third kappa shape index (κ3) is 8.86. The van der Waals surface area contributed by atoms with Gasteiger partial charge in [-0.25, -0.2) is 4.98 Å². The van der Waals surface area contributed by atoms with Crippen molar-refractivity contribution in [1.82, 2.24) is 14.5 Å². The minimum absolute atomic E-state index is 0. The van der Waals surface area contributed by atoms with E-state index in [1.807, 2.05) is 6.20 Å². The molecule has 2 aromatic heterocycles. The number of imidazole rings is 1. The molecule has 62 heavy (non-hydrogen) atoms. The van der Waals surface area contributed by atoms with E-state index in [-0.39, 0.29) is 37.3 Å². The van der Waals surface area contributed by atoms with E-state index in [1.54, 1.807) is 0 Å². The molecule has 0 amide bonds. The van der Waals surface area contributed by atoms with E-state index in [9.17, 15) is 0 Å². The summed E-state index contributed by atoms with van der Waals surface area (Å²) in [5, 5.41) is 0. The molecule has 5 heteroatoms. The van der Waals surface area contributed by atoms with E-state index in [0.29, 0.717) is 5.75 Å². The molecule has 2 heterocycles. The maximum absolute atomic E-state index is 5.92. The molecule has 316 valence electrons. The van der Waals surface area contributed by atoms with Gasteiger partial charge in [0.1, 0.15) is 5.82 Å². The van der Waals surface area contributed by atoms with Crippen LogP contribution in [0.2, 0.25) is 0 Å². The molecule has 0 aliphatic carbocycles. The van der Waals surface area contributed by atoms with Crippen molar-refractivity contribution in [2.45, 2.75) is 92.4 Å². The molecular formula is C57H57N3OPt. The van der Waals surface area contributed by atoms with Crippen LogP contribution in [0.5, 0.6) is 5.75 Å². The largest absolute Gasteiger partial charge is 2.00 e. The van der Waals surface area contributed by atoms with Crippen molar-refractivity contribution in [3.8, 4) is 67.5 Å². The summed E-state index contributed by atoms with van der Waals surface area (Å²) in [4.78, 5) is 10.5. The molecule has 8 aromatic rings. The molecule has 0 aliphatic rings. The number of hydrogen-bond acceptors (Lipinski definition) is 3. The fourth-order valence-corrected chi connectivity index (χ4v) is 8.25. The van der Waals surface area contributed by atoms with Crippen molar-refractivity contribution < 1.29 is 25.8 Å². The summed E-state index contributed by atoms with van der Waals surface area (Å²) >= 11 is 0. The van der Waals surface area contributed by atoms with Gasteiger partial charge in [-0.15, -0.1) is 29.3 Å². The fraction of sp³-hybridized carbons (Fsp3) is 0.246. The Morgan fingerprint density at radius 3 is 1.87 bits per heavy atom. The van der Waals surface area contributed by atoms with Gasteiger partial charge >= 0.3 is 21.1 Å². The van der Waals surface area contributed by atoms with E-state index in [0.717, 1.165) is 83.9 Å². The Balaban J connectivity index is 0.00000578. The first-order chi connectivity index (χ1) is 28.9. The van der Waals surface area contributed by atoms with Crippen LogP contribution in [0.1, 0.15) is 90.1 Å². The first-order valence-electron chi connectivity index (χ1n) is 21.3. The summed E-state index contributed by atoms with van der Waals surface area (Å²) in [5.74, 6) is 1.50. The fourth-order valence-electron chi connectivity index (χ4n) is 8.25. The number of ether oxygens (including phenoxy) is 1. The average Bonchev–Trinajstić information content (AvgIpc) is 3.62. The molecule has 0 atom stereocenters. The Kier molecular flexibility index (Phi) is 12.2. The number of aryl methyl sites for hydroxylation is 2. The van der Waals surface area contributed by atoms with Crippen LogP contribution in [-0.2, 0) is 37.3 Å². The molecule has 0 saturated heterocycles. The number of hydrogen-bond donors (Lipinski definition) is 0. The van der Waals surface area contributed by atoms with Crippen LogP contribution in [0, 0.1) is 27.0 Å². The van der Waals surface area contributed by atoms with Gasteiger partial charge in [-0.2, -0.15) is 7.11 Å². The number of benzene rings is 6. The molecule has 0 radical (unpaired) electrons. The summed E-state index contributed by atoms with van der Waals surface area (Å²) in [6.07, 6.45) is 1.91. The van der Waals surface area contributed by atoms with Crippen molar-refractivity contribution in [3.63, 3.8) is 0 Å². The number of pyridine rings is 1. The maximum Gasteiger partial charge on any atom is 2.00 e. The molecule has 6 aromatic carbocycles. The molecule has 4 nitrogen and oxygen atoms in total. The standard InChI is InChI=1S/C57H57N3O.Pt/c1-36-27-37(2)53(61-12)49(28-36)54-59-52-48(19-16-20-51(52)60(54)47-33-41(38-17-14-13-15-18-38)30-46(35-47)57(9,10)11)42-29-43(32-45(31-42)56(6,7)8)50-34-40(25-26-58-50)39-21-23-44(24-22-39)55(3,4)5;/h13-28,30-35H,12H2,1-11H3;/q-2;+2. The zero-order chi connectivity index (χ0) is 43.4. The van der Waals surface area contributed by atoms with E-state index in [2.05, 4.69) is 221 Å². The minimum Gasteiger partial charge on any atom is -0.665 e. The second kappa shape index (κ2) is 16.9. The van der Waals surface area contributed by atoms with E-state index in [1.165, 1.54) is 16.7 Å². The third-order valence-electron chi connectivity index (χ3n) is 11.8. The molecule has 0 aliphatic heterocycles. The molecule has 0 N–H and O–H groups in total. The van der Waals surface area contributed by atoms with Gasteiger partial charge in [0.15, 0.2) is 0 Å². The Hall–Kier alpha value is -5.57. The number of rotatable bonds is 7. The van der Waals surface area contributed by atoms with Crippen LogP contribution in [0.15, 0.2) is 134 Å². The molecule has 0 spiro atoms. The van der Waals surface area contributed by atoms with Crippen LogP contribution in [-0.4, -0.2) is 14.5 Å². The van der Waals surface area contributed by atoms with Crippen molar-refractivity contribution in [3.05, 3.63) is 175 Å². The number of fused-ring (bicyclic) bond motifs is 1. The van der Waals surface area contributed by atoms with Gasteiger partial charge in [0, 0.05) is 17.6 Å². The Morgan fingerprint density at radius 1 is 0.565 bits per heavy atom. The van der Waals surface area contributed by atoms with Crippen molar-refractivity contribution >= 4 is 11.0 Å². The normalized spacial score (nSPS) is 12.1. The second-order valence-corrected chi connectivity index (χ2v) is 19.6. The molecular weight excluding hydrogens is 938 g/mol. The number of para-hydroxylation sites is 1. The molecule has 0 saturated carbocycles. The van der Waals surface area contributed by atoms with Crippen molar-refractivity contribution in [2.75, 3.05) is 0 Å². The second-order valence-electron chi connectivity index (χ2n) is 19.6. The van der Waals surface area contributed by atoms with Crippen LogP contribution >= 0.6 is 0 Å². The van der Waals surface area contributed by atoms with Gasteiger partial charge in [0.05, 0.1) is 22.3 Å². The maximum atomic E-state index is 5.92. The first-order valence-corrected chi connectivity index (χ1v) is 21.3. The van der Waals surface area contributed by atoms with E-state index in [4.69, 9.17) is 14.7 Å². The van der Waals surface area contributed by atoms with Gasteiger partial charge in [-0.3, -0.25) is 9.55 Å². The molecule has 0 bridgehead atoms. The molecule has 0 unspecified atom stereocenters. The summed E-state index contributed by atoms with van der Waals surface area (Å²) in [5.41, 5.74) is 17.9. The van der Waals surface area contributed by atoms with Gasteiger partial charge < -0.3 is 4.74 Å². The van der Waals surface area contributed by atoms with E-state index >= 15 is 0 Å². The van der Waals surface area contributed by atoms with Crippen LogP contribution in [0.3, 0.4) is 0 Å². The predicted molar refractivity (Wildman–Crippen MR) is 256 cm³/mol. The first kappa shape index (κ1) is 44.5. The summed E-state index contributed by atoms with van der Waals surface area (Å²) < 4.78 is 8.23. The van der Waals surface area contributed by atoms with Crippen LogP contribution < -0.4 is 4.74 Å². The van der Waals surface area contributed by atoms with Gasteiger partial charge in [0.25, 0.3) is 0 Å². The van der Waals surface area contributed by atoms with Gasteiger partial charge in [-0.1, -0.05) is 158 Å². The number of aromatic nitrogens is 3. The minimum atomic E-state index is -0.141. The monoisotopic (exact) mass is 994 g/mol. The number of nitrogens with zero attached hydrogens (tertiary/aromatic N) is 3.